The van der Waals surface area contributed by atoms with E-state index in [2.05, 4.69) is 20.3 Å². The van der Waals surface area contributed by atoms with Crippen LogP contribution in [-0.4, -0.2) is 59.0 Å². The molecule has 152 valence electrons. The summed E-state index contributed by atoms with van der Waals surface area (Å²) in [4.78, 5) is 19.4. The molecule has 0 spiro atoms. The monoisotopic (exact) mass is 413 g/mol. The second-order valence-corrected chi connectivity index (χ2v) is 7.67. The third-order valence-corrected chi connectivity index (χ3v) is 5.47. The number of aromatic nitrogens is 3. The van der Waals surface area contributed by atoms with E-state index in [1.54, 1.807) is 24.1 Å². The van der Waals surface area contributed by atoms with E-state index in [1.807, 2.05) is 30.5 Å². The highest BCUT2D eigenvalue weighted by molar-refractivity contribution is 7.13. The lowest BCUT2D eigenvalue weighted by atomic mass is 10.2. The smallest absolute Gasteiger partial charge is 0.277 e. The maximum Gasteiger partial charge on any atom is 0.277 e. The minimum Gasteiger partial charge on any atom is -0.494 e. The number of amides is 1. The average Bonchev–Trinajstić information content (AvgIpc) is 3.38. The Morgan fingerprint density at radius 3 is 2.93 bits per heavy atom. The van der Waals surface area contributed by atoms with Gasteiger partial charge in [0.15, 0.2) is 10.8 Å². The van der Waals surface area contributed by atoms with Crippen LogP contribution in [0.1, 0.15) is 21.7 Å². The number of thiazole rings is 1. The molecule has 1 aliphatic rings. The van der Waals surface area contributed by atoms with Crippen molar-refractivity contribution in [1.82, 2.24) is 19.7 Å². The first kappa shape index (κ1) is 19.6. The Labute approximate surface area is 173 Å². The Balaban J connectivity index is 1.43. The highest BCUT2D eigenvalue weighted by Crippen LogP contribution is 2.24. The molecular formula is C20H23N5O3S. The normalized spacial score (nSPS) is 14.7. The van der Waals surface area contributed by atoms with Crippen LogP contribution in [-0.2, 0) is 11.3 Å². The highest BCUT2D eigenvalue weighted by atomic mass is 32.1. The number of nitrogens with one attached hydrogen (secondary N) is 1. The van der Waals surface area contributed by atoms with Crippen molar-refractivity contribution in [3.8, 4) is 11.4 Å². The highest BCUT2D eigenvalue weighted by Gasteiger charge is 2.16. The van der Waals surface area contributed by atoms with Crippen LogP contribution < -0.4 is 10.1 Å². The summed E-state index contributed by atoms with van der Waals surface area (Å²) in [7, 11) is 1.61. The molecule has 3 aromatic rings. The maximum atomic E-state index is 12.6. The summed E-state index contributed by atoms with van der Waals surface area (Å²) in [6.45, 7) is 6.07. The number of methoxy groups -OCH3 is 1. The van der Waals surface area contributed by atoms with Gasteiger partial charge in [-0.3, -0.25) is 15.0 Å². The van der Waals surface area contributed by atoms with Crippen LogP contribution in [0.4, 0.5) is 5.13 Å². The van der Waals surface area contributed by atoms with Crippen molar-refractivity contribution in [3.63, 3.8) is 0 Å². The third-order valence-electron chi connectivity index (χ3n) is 4.66. The molecule has 1 fully saturated rings. The van der Waals surface area contributed by atoms with E-state index < -0.39 is 0 Å². The molecule has 1 amide bonds. The SMILES string of the molecule is COc1ccc(C)cc1-n1ccc(C(=O)Nc2nc(CN3CCOCC3)cs2)n1. The van der Waals surface area contributed by atoms with Crippen molar-refractivity contribution >= 4 is 22.4 Å². The van der Waals surface area contributed by atoms with Crippen LogP contribution in [0.3, 0.4) is 0 Å². The molecule has 2 aromatic heterocycles. The lowest BCUT2D eigenvalue weighted by molar-refractivity contribution is 0.0337. The second-order valence-electron chi connectivity index (χ2n) is 6.81. The van der Waals surface area contributed by atoms with Gasteiger partial charge < -0.3 is 9.47 Å². The van der Waals surface area contributed by atoms with E-state index >= 15 is 0 Å². The molecule has 1 aliphatic heterocycles. The van der Waals surface area contributed by atoms with Gasteiger partial charge in [-0.2, -0.15) is 5.10 Å². The molecule has 0 aliphatic carbocycles. The van der Waals surface area contributed by atoms with Crippen molar-refractivity contribution in [3.05, 3.63) is 52.8 Å². The largest absolute Gasteiger partial charge is 0.494 e. The summed E-state index contributed by atoms with van der Waals surface area (Å²) < 4.78 is 12.4. The molecule has 0 radical (unpaired) electrons. The molecule has 3 heterocycles. The summed E-state index contributed by atoms with van der Waals surface area (Å²) in [6.07, 6.45) is 1.75. The number of aryl methyl sites for hydroxylation is 1. The quantitative estimate of drug-likeness (QED) is 0.669. The zero-order valence-electron chi connectivity index (χ0n) is 16.4. The molecule has 0 saturated carbocycles. The Morgan fingerprint density at radius 1 is 1.31 bits per heavy atom. The number of nitrogens with zero attached hydrogens (tertiary/aromatic N) is 4. The summed E-state index contributed by atoms with van der Waals surface area (Å²) in [5, 5.41) is 9.79. The number of carbonyl (C=O) groups is 1. The van der Waals surface area contributed by atoms with Gasteiger partial charge in [0.25, 0.3) is 5.91 Å². The van der Waals surface area contributed by atoms with Crippen LogP contribution in [0.15, 0.2) is 35.8 Å². The van der Waals surface area contributed by atoms with E-state index in [0.29, 0.717) is 16.6 Å². The molecule has 1 aromatic carbocycles. The van der Waals surface area contributed by atoms with E-state index in [4.69, 9.17) is 9.47 Å². The van der Waals surface area contributed by atoms with Gasteiger partial charge in [0, 0.05) is 31.2 Å². The summed E-state index contributed by atoms with van der Waals surface area (Å²) in [5.74, 6) is 0.404. The fraction of sp³-hybridized carbons (Fsp3) is 0.350. The second kappa shape index (κ2) is 8.73. The maximum absolute atomic E-state index is 12.6. The van der Waals surface area contributed by atoms with Crippen LogP contribution in [0.5, 0.6) is 5.75 Å². The molecule has 0 atom stereocenters. The van der Waals surface area contributed by atoms with Crippen molar-refractivity contribution in [2.75, 3.05) is 38.7 Å². The fourth-order valence-electron chi connectivity index (χ4n) is 3.14. The van der Waals surface area contributed by atoms with Crippen molar-refractivity contribution in [2.24, 2.45) is 0 Å². The lowest BCUT2D eigenvalue weighted by Gasteiger charge is -2.25. The van der Waals surface area contributed by atoms with Gasteiger partial charge in [-0.25, -0.2) is 9.67 Å². The number of rotatable bonds is 6. The Bertz CT molecular complexity index is 994. The molecule has 0 bridgehead atoms. The Morgan fingerprint density at radius 2 is 2.14 bits per heavy atom. The molecule has 1 N–H and O–H groups in total. The Hall–Kier alpha value is -2.75. The molecule has 1 saturated heterocycles. The standard InChI is InChI=1S/C20H23N5O3S/c1-14-3-4-18(27-2)17(11-14)25-6-5-16(23-25)19(26)22-20-21-15(13-29-20)12-24-7-9-28-10-8-24/h3-6,11,13H,7-10,12H2,1-2H3,(H,21,22,26). The number of benzene rings is 1. The average molecular weight is 414 g/mol. The van der Waals surface area contributed by atoms with Crippen LogP contribution >= 0.6 is 11.3 Å². The predicted octanol–water partition coefficient (Wildman–Crippen LogP) is 2.73. The van der Waals surface area contributed by atoms with Crippen LogP contribution in [0, 0.1) is 6.92 Å². The summed E-state index contributed by atoms with van der Waals surface area (Å²) in [6, 6.07) is 7.50. The number of ether oxygens (including phenoxy) is 2. The van der Waals surface area contributed by atoms with Crippen LogP contribution in [0.2, 0.25) is 0 Å². The lowest BCUT2D eigenvalue weighted by Crippen LogP contribution is -2.35. The van der Waals surface area contributed by atoms with Crippen molar-refractivity contribution in [2.45, 2.75) is 13.5 Å². The summed E-state index contributed by atoms with van der Waals surface area (Å²) >= 11 is 1.42. The Kier molecular flexibility index (Phi) is 5.89. The minimum atomic E-state index is -0.289. The zero-order valence-corrected chi connectivity index (χ0v) is 17.2. The number of hydrogen-bond donors (Lipinski definition) is 1. The van der Waals surface area contributed by atoms with Gasteiger partial charge in [0.1, 0.15) is 11.4 Å². The van der Waals surface area contributed by atoms with Gasteiger partial charge in [0.05, 0.1) is 26.0 Å². The fourth-order valence-corrected chi connectivity index (χ4v) is 3.84. The van der Waals surface area contributed by atoms with Gasteiger partial charge in [-0.15, -0.1) is 11.3 Å². The number of carbonyl (C=O) groups excluding carboxylic acids is 1. The minimum absolute atomic E-state index is 0.289. The van der Waals surface area contributed by atoms with E-state index in [-0.39, 0.29) is 5.91 Å². The summed E-state index contributed by atoms with van der Waals surface area (Å²) in [5.41, 5.74) is 3.13. The molecule has 9 heteroatoms. The zero-order chi connectivity index (χ0) is 20.2. The van der Waals surface area contributed by atoms with Gasteiger partial charge in [-0.1, -0.05) is 6.07 Å². The number of anilines is 1. The first-order chi connectivity index (χ1) is 14.1. The molecule has 0 unspecified atom stereocenters. The van der Waals surface area contributed by atoms with Crippen LogP contribution in [0.25, 0.3) is 5.69 Å². The van der Waals surface area contributed by atoms with Crippen molar-refractivity contribution < 1.29 is 14.3 Å². The van der Waals surface area contributed by atoms with E-state index in [9.17, 15) is 4.79 Å². The molecular weight excluding hydrogens is 390 g/mol. The predicted molar refractivity (Wildman–Crippen MR) is 111 cm³/mol. The molecule has 8 nitrogen and oxygen atoms in total. The van der Waals surface area contributed by atoms with Gasteiger partial charge in [0.2, 0.25) is 0 Å². The first-order valence-corrected chi connectivity index (χ1v) is 10.3. The molecule has 29 heavy (non-hydrogen) atoms. The van der Waals surface area contributed by atoms with E-state index in [0.717, 1.165) is 49.8 Å². The molecule has 4 rings (SSSR count). The third kappa shape index (κ3) is 4.64. The van der Waals surface area contributed by atoms with Gasteiger partial charge in [-0.05, 0) is 30.7 Å². The topological polar surface area (TPSA) is 81.5 Å². The van der Waals surface area contributed by atoms with Crippen molar-refractivity contribution in [1.29, 1.82) is 0 Å². The van der Waals surface area contributed by atoms with Gasteiger partial charge >= 0.3 is 0 Å². The number of hydrogen-bond acceptors (Lipinski definition) is 7. The van der Waals surface area contributed by atoms with E-state index in [1.165, 1.54) is 11.3 Å². The first-order valence-electron chi connectivity index (χ1n) is 9.39. The number of morpholine rings is 1.